The van der Waals surface area contributed by atoms with Crippen LogP contribution in [0.15, 0.2) is 72.8 Å². The fourth-order valence-corrected chi connectivity index (χ4v) is 3.94. The zero-order valence-corrected chi connectivity index (χ0v) is 13.7. The van der Waals surface area contributed by atoms with Crippen molar-refractivity contribution in [1.82, 2.24) is 0 Å². The normalized spacial score (nSPS) is 10.8. The van der Waals surface area contributed by atoms with E-state index in [1.54, 1.807) is 0 Å². The van der Waals surface area contributed by atoms with Crippen molar-refractivity contribution in [3.8, 4) is 28.0 Å². The van der Waals surface area contributed by atoms with Gasteiger partial charge in [-0.25, -0.2) is 6.14 Å². The first-order valence-corrected chi connectivity index (χ1v) is 9.54. The molecule has 0 spiro atoms. The lowest BCUT2D eigenvalue weighted by Crippen LogP contribution is -1.88. The number of hydrogen-bond donors (Lipinski definition) is 1. The summed E-state index contributed by atoms with van der Waals surface area (Å²) < 4.78 is 23.3. The number of benzene rings is 3. The van der Waals surface area contributed by atoms with Crippen LogP contribution in [0.1, 0.15) is 0 Å². The summed E-state index contributed by atoms with van der Waals surface area (Å²) in [5.41, 5.74) is 3.05. The first-order chi connectivity index (χ1) is 10.7. The Morgan fingerprint density at radius 1 is 0.682 bits per heavy atom. The van der Waals surface area contributed by atoms with Crippen molar-refractivity contribution in [1.29, 1.82) is 0 Å². The van der Waals surface area contributed by atoms with E-state index < -0.39 is 19.8 Å². The van der Waals surface area contributed by atoms with Gasteiger partial charge in [0.1, 0.15) is 9.32 Å². The van der Waals surface area contributed by atoms with Crippen LogP contribution in [0.2, 0.25) is 0 Å². The number of rotatable bonds is 3. The molecule has 0 aliphatic carbocycles. The second kappa shape index (κ2) is 6.27. The molecule has 3 aromatic rings. The third-order valence-corrected chi connectivity index (χ3v) is 5.41. The molecular weight excluding hydrogens is 391 g/mol. The van der Waals surface area contributed by atoms with Gasteiger partial charge in [0, 0.05) is 5.56 Å². The summed E-state index contributed by atoms with van der Waals surface area (Å²) in [7, 11) is 0. The Labute approximate surface area is 135 Å². The third-order valence-electron chi connectivity index (χ3n) is 3.40. The fraction of sp³-hybridized carbons (Fsp3) is 0. The summed E-state index contributed by atoms with van der Waals surface area (Å²) >= 11 is -3.82. The molecule has 0 amide bonds. The van der Waals surface area contributed by atoms with Crippen molar-refractivity contribution in [3.63, 3.8) is 0 Å². The number of aromatic hydroxyl groups is 1. The van der Waals surface area contributed by atoms with Crippen molar-refractivity contribution in [2.45, 2.75) is 0 Å². The van der Waals surface area contributed by atoms with Crippen molar-refractivity contribution in [2.24, 2.45) is 0 Å². The molecule has 0 atom stereocenters. The fourth-order valence-electron chi connectivity index (χ4n) is 2.40. The van der Waals surface area contributed by atoms with E-state index in [1.807, 2.05) is 66.7 Å². The van der Waals surface area contributed by atoms with Crippen LogP contribution in [0.3, 0.4) is 0 Å². The SMILES string of the molecule is O=I(=O)c1c(O)cc(-c2ccccc2)cc1-c1ccccc1. The smallest absolute Gasteiger partial charge is 0.345 e. The van der Waals surface area contributed by atoms with Gasteiger partial charge in [0.25, 0.3) is 0 Å². The summed E-state index contributed by atoms with van der Waals surface area (Å²) in [4.78, 5) is 0. The lowest BCUT2D eigenvalue weighted by atomic mass is 9.98. The van der Waals surface area contributed by atoms with Gasteiger partial charge in [0.05, 0.1) is 0 Å². The van der Waals surface area contributed by atoms with Crippen molar-refractivity contribution in [2.75, 3.05) is 0 Å². The van der Waals surface area contributed by atoms with Crippen LogP contribution in [0, 0.1) is 3.57 Å². The zero-order valence-electron chi connectivity index (χ0n) is 11.6. The maximum absolute atomic E-state index is 11.6. The van der Waals surface area contributed by atoms with Crippen LogP contribution in [0.5, 0.6) is 5.75 Å². The third kappa shape index (κ3) is 2.87. The lowest BCUT2D eigenvalue weighted by molar-refractivity contribution is 0.471. The molecule has 0 saturated heterocycles. The number of phenolic OH excluding ortho intramolecular Hbond substituents is 1. The molecule has 1 N–H and O–H groups in total. The van der Waals surface area contributed by atoms with Gasteiger partial charge in [-0.15, -0.1) is 0 Å². The van der Waals surface area contributed by atoms with E-state index in [4.69, 9.17) is 0 Å². The van der Waals surface area contributed by atoms with Crippen molar-refractivity contribution >= 4 is 19.8 Å². The highest BCUT2D eigenvalue weighted by Gasteiger charge is 2.17. The maximum atomic E-state index is 11.6. The summed E-state index contributed by atoms with van der Waals surface area (Å²) in [6.07, 6.45) is 0. The van der Waals surface area contributed by atoms with E-state index >= 15 is 0 Å². The van der Waals surface area contributed by atoms with Crippen LogP contribution >= 0.6 is 19.8 Å². The Balaban J connectivity index is 2.28. The van der Waals surface area contributed by atoms with Gasteiger partial charge < -0.3 is 5.11 Å². The van der Waals surface area contributed by atoms with E-state index in [2.05, 4.69) is 0 Å². The topological polar surface area (TPSA) is 54.4 Å². The molecule has 4 heteroatoms. The highest BCUT2D eigenvalue weighted by atomic mass is 127. The van der Waals surface area contributed by atoms with Crippen LogP contribution < -0.4 is 0 Å². The molecule has 0 unspecified atom stereocenters. The minimum Gasteiger partial charge on any atom is -0.507 e. The van der Waals surface area contributed by atoms with Gasteiger partial charge in [-0.2, -0.15) is 0 Å². The van der Waals surface area contributed by atoms with Gasteiger partial charge >= 0.3 is 19.8 Å². The second-order valence-corrected chi connectivity index (χ2v) is 7.13. The molecule has 3 nitrogen and oxygen atoms in total. The Bertz CT molecular complexity index is 862. The van der Waals surface area contributed by atoms with Crippen LogP contribution in [-0.4, -0.2) is 5.11 Å². The lowest BCUT2D eigenvalue weighted by Gasteiger charge is -2.10. The van der Waals surface area contributed by atoms with Crippen LogP contribution in [0.4, 0.5) is 0 Å². The van der Waals surface area contributed by atoms with Gasteiger partial charge in [-0.05, 0) is 28.8 Å². The summed E-state index contributed by atoms with van der Waals surface area (Å²) in [6.45, 7) is 0. The molecule has 3 rings (SSSR count). The Kier molecular flexibility index (Phi) is 4.20. The minimum absolute atomic E-state index is 0.0510. The summed E-state index contributed by atoms with van der Waals surface area (Å²) in [5, 5.41) is 10.2. The van der Waals surface area contributed by atoms with E-state index in [-0.39, 0.29) is 9.32 Å². The molecule has 0 radical (unpaired) electrons. The molecular formula is C18H13IO3. The molecule has 22 heavy (non-hydrogen) atoms. The maximum Gasteiger partial charge on any atom is 0.345 e. The van der Waals surface area contributed by atoms with Gasteiger partial charge in [-0.1, -0.05) is 60.7 Å². The van der Waals surface area contributed by atoms with Gasteiger partial charge in [0.15, 0.2) is 0 Å². The minimum atomic E-state index is -3.82. The zero-order chi connectivity index (χ0) is 15.5. The average Bonchev–Trinajstić information content (AvgIpc) is 2.55. The first kappa shape index (κ1) is 14.7. The molecule has 110 valence electrons. The molecule has 0 heterocycles. The Hall–Kier alpha value is -2.21. The first-order valence-electron chi connectivity index (χ1n) is 6.70. The predicted molar refractivity (Wildman–Crippen MR) is 93.1 cm³/mol. The number of hydrogen-bond acceptors (Lipinski definition) is 3. The predicted octanol–water partition coefficient (Wildman–Crippen LogP) is 5.09. The second-order valence-electron chi connectivity index (χ2n) is 4.81. The molecule has 3 aromatic carbocycles. The van der Waals surface area contributed by atoms with E-state index in [9.17, 15) is 11.2 Å². The quantitative estimate of drug-likeness (QED) is 0.619. The number of phenols is 1. The van der Waals surface area contributed by atoms with Gasteiger partial charge in [-0.3, -0.25) is 0 Å². The highest BCUT2D eigenvalue weighted by Crippen LogP contribution is 2.40. The molecule has 0 bridgehead atoms. The highest BCUT2D eigenvalue weighted by molar-refractivity contribution is 14.2. The van der Waals surface area contributed by atoms with E-state index in [1.165, 1.54) is 6.07 Å². The molecule has 0 aliphatic rings. The van der Waals surface area contributed by atoms with Crippen molar-refractivity contribution in [3.05, 3.63) is 76.4 Å². The molecule has 0 saturated carbocycles. The molecule has 0 aromatic heterocycles. The summed E-state index contributed by atoms with van der Waals surface area (Å²) in [6, 6.07) is 22.1. The van der Waals surface area contributed by atoms with Crippen LogP contribution in [0.25, 0.3) is 22.3 Å². The average molecular weight is 404 g/mol. The van der Waals surface area contributed by atoms with Crippen LogP contribution in [-0.2, 0) is 6.14 Å². The van der Waals surface area contributed by atoms with E-state index in [0.29, 0.717) is 5.56 Å². The standard InChI is InChI=1S/C18H13IO3/c20-17-12-15(13-7-3-1-4-8-13)11-16(18(17)19(21)22)14-9-5-2-6-10-14/h1-12,20H. The van der Waals surface area contributed by atoms with Crippen molar-refractivity contribution < 1.29 is 11.2 Å². The van der Waals surface area contributed by atoms with Gasteiger partial charge in [0.2, 0.25) is 0 Å². The molecule has 0 fully saturated rings. The van der Waals surface area contributed by atoms with E-state index in [0.717, 1.165) is 16.7 Å². The summed E-state index contributed by atoms with van der Waals surface area (Å²) in [5.74, 6) is -0.185. The largest absolute Gasteiger partial charge is 0.507 e. The Morgan fingerprint density at radius 3 is 1.77 bits per heavy atom. The molecule has 0 aliphatic heterocycles. The monoisotopic (exact) mass is 404 g/mol. The Morgan fingerprint density at radius 2 is 1.23 bits per heavy atom. The number of halogens is 1.